The third kappa shape index (κ3) is 1.59. The van der Waals surface area contributed by atoms with E-state index in [2.05, 4.69) is 4.98 Å². The predicted molar refractivity (Wildman–Crippen MR) is 44.6 cm³/mol. The van der Waals surface area contributed by atoms with Gasteiger partial charge in [0.15, 0.2) is 0 Å². The van der Waals surface area contributed by atoms with Crippen LogP contribution in [0, 0.1) is 0 Å². The molecule has 2 nitrogen and oxygen atoms in total. The Balaban J connectivity index is 2.39. The molecule has 14 heavy (non-hydrogen) atoms. The summed E-state index contributed by atoms with van der Waals surface area (Å²) in [6.45, 7) is 0. The van der Waals surface area contributed by atoms with Crippen molar-refractivity contribution in [1.29, 1.82) is 0 Å². The van der Waals surface area contributed by atoms with E-state index >= 15 is 0 Å². The van der Waals surface area contributed by atoms with Gasteiger partial charge in [-0.3, -0.25) is 4.98 Å². The molecule has 76 valence electrons. The Morgan fingerprint density at radius 2 is 2.07 bits per heavy atom. The standard InChI is InChI=1S/C9H9F3N2/c10-9(11,12)8-5(2-1-3-14-8)6-4-7(6)13/h1-3,6-7H,4,13H2. The summed E-state index contributed by atoms with van der Waals surface area (Å²) in [5.41, 5.74) is 4.95. The smallest absolute Gasteiger partial charge is 0.327 e. The lowest BCUT2D eigenvalue weighted by Crippen LogP contribution is -2.13. The normalized spacial score (nSPS) is 26.3. The summed E-state index contributed by atoms with van der Waals surface area (Å²) in [4.78, 5) is 3.37. The van der Waals surface area contributed by atoms with Crippen molar-refractivity contribution in [1.82, 2.24) is 4.98 Å². The topological polar surface area (TPSA) is 38.9 Å². The number of hydrogen-bond acceptors (Lipinski definition) is 2. The van der Waals surface area contributed by atoms with Crippen molar-refractivity contribution in [3.05, 3.63) is 29.6 Å². The van der Waals surface area contributed by atoms with Crippen LogP contribution >= 0.6 is 0 Å². The van der Waals surface area contributed by atoms with Gasteiger partial charge >= 0.3 is 6.18 Å². The molecule has 1 heterocycles. The van der Waals surface area contributed by atoms with Gasteiger partial charge in [0.2, 0.25) is 0 Å². The first-order chi connectivity index (χ1) is 6.50. The molecule has 2 N–H and O–H groups in total. The van der Waals surface area contributed by atoms with Crippen LogP contribution in [-0.2, 0) is 6.18 Å². The van der Waals surface area contributed by atoms with Gasteiger partial charge < -0.3 is 5.73 Å². The molecule has 5 heteroatoms. The van der Waals surface area contributed by atoms with E-state index in [1.165, 1.54) is 12.1 Å². The number of rotatable bonds is 1. The van der Waals surface area contributed by atoms with E-state index in [1.54, 1.807) is 0 Å². The summed E-state index contributed by atoms with van der Waals surface area (Å²) in [6, 6.07) is 2.82. The third-order valence-corrected chi connectivity index (χ3v) is 2.35. The molecule has 1 aromatic heterocycles. The Kier molecular flexibility index (Phi) is 1.99. The molecule has 1 fully saturated rings. The van der Waals surface area contributed by atoms with Crippen LogP contribution in [0.5, 0.6) is 0 Å². The monoisotopic (exact) mass is 202 g/mol. The average molecular weight is 202 g/mol. The quantitative estimate of drug-likeness (QED) is 0.755. The van der Waals surface area contributed by atoms with Crippen LogP contribution in [0.15, 0.2) is 18.3 Å². The van der Waals surface area contributed by atoms with E-state index in [0.717, 1.165) is 6.20 Å². The summed E-state index contributed by atoms with van der Waals surface area (Å²) in [5, 5.41) is 0. The molecular weight excluding hydrogens is 193 g/mol. The van der Waals surface area contributed by atoms with Crippen molar-refractivity contribution in [2.75, 3.05) is 0 Å². The van der Waals surface area contributed by atoms with Crippen molar-refractivity contribution in [3.63, 3.8) is 0 Å². The summed E-state index contributed by atoms with van der Waals surface area (Å²) in [6.07, 6.45) is -2.60. The number of alkyl halides is 3. The lowest BCUT2D eigenvalue weighted by Gasteiger charge is -2.10. The number of hydrogen-bond donors (Lipinski definition) is 1. The maximum atomic E-state index is 12.5. The van der Waals surface area contributed by atoms with Gasteiger partial charge in [-0.25, -0.2) is 0 Å². The van der Waals surface area contributed by atoms with Crippen LogP contribution in [0.25, 0.3) is 0 Å². The number of aromatic nitrogens is 1. The molecule has 0 aliphatic heterocycles. The molecule has 2 unspecified atom stereocenters. The summed E-state index contributed by atoms with van der Waals surface area (Å²) in [5.74, 6) is -0.166. The number of halogens is 3. The molecule has 1 aliphatic rings. The SMILES string of the molecule is NC1CC1c1cccnc1C(F)(F)F. The molecule has 1 aromatic rings. The van der Waals surface area contributed by atoms with Crippen LogP contribution in [-0.4, -0.2) is 11.0 Å². The maximum absolute atomic E-state index is 12.5. The molecular formula is C9H9F3N2. The summed E-state index contributed by atoms with van der Waals surface area (Å²) in [7, 11) is 0. The number of nitrogens with two attached hydrogens (primary N) is 1. The fraction of sp³-hybridized carbons (Fsp3) is 0.444. The fourth-order valence-corrected chi connectivity index (χ4v) is 1.53. The van der Waals surface area contributed by atoms with E-state index < -0.39 is 11.9 Å². The van der Waals surface area contributed by atoms with Crippen LogP contribution in [0.3, 0.4) is 0 Å². The second-order valence-electron chi connectivity index (χ2n) is 3.45. The highest BCUT2D eigenvalue weighted by Gasteiger charge is 2.43. The largest absolute Gasteiger partial charge is 0.433 e. The molecule has 2 rings (SSSR count). The summed E-state index contributed by atoms with van der Waals surface area (Å²) >= 11 is 0. The van der Waals surface area contributed by atoms with Crippen LogP contribution in [0.4, 0.5) is 13.2 Å². The van der Waals surface area contributed by atoms with Gasteiger partial charge in [-0.2, -0.15) is 13.2 Å². The van der Waals surface area contributed by atoms with Crippen molar-refractivity contribution >= 4 is 0 Å². The lowest BCUT2D eigenvalue weighted by molar-refractivity contribution is -0.141. The van der Waals surface area contributed by atoms with E-state index in [0.29, 0.717) is 6.42 Å². The van der Waals surface area contributed by atoms with Gasteiger partial charge in [-0.05, 0) is 18.1 Å². The van der Waals surface area contributed by atoms with E-state index in [4.69, 9.17) is 5.73 Å². The van der Waals surface area contributed by atoms with Gasteiger partial charge in [0.05, 0.1) is 0 Å². The number of nitrogens with zero attached hydrogens (tertiary/aromatic N) is 1. The lowest BCUT2D eigenvalue weighted by atomic mass is 10.1. The zero-order valence-corrected chi connectivity index (χ0v) is 7.25. The Morgan fingerprint density at radius 3 is 2.57 bits per heavy atom. The minimum Gasteiger partial charge on any atom is -0.327 e. The zero-order chi connectivity index (χ0) is 10.3. The second-order valence-corrected chi connectivity index (χ2v) is 3.45. The minimum atomic E-state index is -4.38. The Bertz CT molecular complexity index is 348. The molecule has 2 atom stereocenters. The van der Waals surface area contributed by atoms with Crippen LogP contribution < -0.4 is 5.73 Å². The van der Waals surface area contributed by atoms with E-state index in [9.17, 15) is 13.2 Å². The fourth-order valence-electron chi connectivity index (χ4n) is 1.53. The highest BCUT2D eigenvalue weighted by molar-refractivity contribution is 5.32. The Morgan fingerprint density at radius 1 is 1.43 bits per heavy atom. The molecule has 0 aromatic carbocycles. The first kappa shape index (κ1) is 9.45. The number of pyridine rings is 1. The highest BCUT2D eigenvalue weighted by atomic mass is 19.4. The van der Waals surface area contributed by atoms with E-state index in [1.807, 2.05) is 0 Å². The average Bonchev–Trinajstić information content (AvgIpc) is 2.81. The summed E-state index contributed by atoms with van der Waals surface area (Å²) < 4.78 is 37.4. The van der Waals surface area contributed by atoms with E-state index in [-0.39, 0.29) is 17.5 Å². The second kappa shape index (κ2) is 2.95. The molecule has 1 saturated carbocycles. The predicted octanol–water partition coefficient (Wildman–Crippen LogP) is 1.91. The Hall–Kier alpha value is -1.10. The van der Waals surface area contributed by atoms with Crippen molar-refractivity contribution < 1.29 is 13.2 Å². The van der Waals surface area contributed by atoms with Gasteiger partial charge in [0.1, 0.15) is 5.69 Å². The van der Waals surface area contributed by atoms with Crippen LogP contribution in [0.2, 0.25) is 0 Å². The first-order valence-electron chi connectivity index (χ1n) is 4.28. The van der Waals surface area contributed by atoms with Crippen LogP contribution in [0.1, 0.15) is 23.6 Å². The van der Waals surface area contributed by atoms with Gasteiger partial charge in [-0.1, -0.05) is 6.07 Å². The van der Waals surface area contributed by atoms with Gasteiger partial charge in [0, 0.05) is 18.2 Å². The highest BCUT2D eigenvalue weighted by Crippen LogP contribution is 2.43. The zero-order valence-electron chi connectivity index (χ0n) is 7.25. The van der Waals surface area contributed by atoms with Crippen molar-refractivity contribution in [3.8, 4) is 0 Å². The Labute approximate surface area is 78.9 Å². The molecule has 0 saturated heterocycles. The van der Waals surface area contributed by atoms with Crippen molar-refractivity contribution in [2.45, 2.75) is 24.6 Å². The molecule has 0 radical (unpaired) electrons. The third-order valence-electron chi connectivity index (χ3n) is 2.35. The van der Waals surface area contributed by atoms with Crippen molar-refractivity contribution in [2.24, 2.45) is 5.73 Å². The first-order valence-corrected chi connectivity index (χ1v) is 4.28. The maximum Gasteiger partial charge on any atom is 0.433 e. The molecule has 1 aliphatic carbocycles. The van der Waals surface area contributed by atoms with Gasteiger partial charge in [0.25, 0.3) is 0 Å². The van der Waals surface area contributed by atoms with Gasteiger partial charge in [-0.15, -0.1) is 0 Å². The molecule has 0 bridgehead atoms. The molecule has 0 amide bonds. The minimum absolute atomic E-state index is 0.139. The molecule has 0 spiro atoms.